The monoisotopic (exact) mass is 205 g/mol. The van der Waals surface area contributed by atoms with Crippen LogP contribution in [-0.4, -0.2) is 22.5 Å². The molecule has 1 aromatic carbocycles. The van der Waals surface area contributed by atoms with Crippen LogP contribution in [0.3, 0.4) is 0 Å². The van der Waals surface area contributed by atoms with Gasteiger partial charge in [-0.15, -0.1) is 0 Å². The van der Waals surface area contributed by atoms with Gasteiger partial charge in [0.15, 0.2) is 0 Å². The Morgan fingerprint density at radius 3 is 2.79 bits per heavy atom. The first-order valence-electron chi connectivity index (χ1n) is 4.66. The molecule has 0 bridgehead atoms. The summed E-state index contributed by atoms with van der Waals surface area (Å²) in [6.07, 6.45) is 0. The summed E-state index contributed by atoms with van der Waals surface area (Å²) >= 11 is 0. The molecular formula is C11H15NOSi. The molecule has 0 aliphatic heterocycles. The van der Waals surface area contributed by atoms with E-state index in [4.69, 9.17) is 0 Å². The number of aryl methyl sites for hydroxylation is 1. The lowest BCUT2D eigenvalue weighted by molar-refractivity contribution is -0.118. The van der Waals surface area contributed by atoms with Crippen molar-refractivity contribution in [2.24, 2.45) is 0 Å². The van der Waals surface area contributed by atoms with Crippen LogP contribution in [-0.2, 0) is 4.79 Å². The van der Waals surface area contributed by atoms with Crippen molar-refractivity contribution in [3.05, 3.63) is 29.3 Å². The molecule has 1 aromatic rings. The Morgan fingerprint density at radius 1 is 1.43 bits per heavy atom. The molecule has 0 saturated carbocycles. The first-order chi connectivity index (χ1) is 6.65. The van der Waals surface area contributed by atoms with Crippen LogP contribution in [0.4, 0.5) is 0 Å². The molecule has 0 aromatic heterocycles. The minimum absolute atomic E-state index is 0.115. The van der Waals surface area contributed by atoms with E-state index in [1.807, 2.05) is 0 Å². The van der Waals surface area contributed by atoms with Crippen LogP contribution < -0.4 is 10.5 Å². The summed E-state index contributed by atoms with van der Waals surface area (Å²) < 4.78 is 0. The highest BCUT2D eigenvalue weighted by Crippen LogP contribution is 2.02. The molecule has 0 aliphatic rings. The highest BCUT2D eigenvalue weighted by atomic mass is 28.2. The fourth-order valence-corrected chi connectivity index (χ4v) is 2.41. The Hall–Kier alpha value is -1.09. The third-order valence-corrected chi connectivity index (χ3v) is 3.74. The standard InChI is InChI=1S/C11H15NOSi/c1-8-5-4-6-10(9(8)2)14-7-11(13)12-3/h4-6H,7H2,1-3H3,(H,12,13). The molecule has 2 radical (unpaired) electrons. The van der Waals surface area contributed by atoms with E-state index >= 15 is 0 Å². The van der Waals surface area contributed by atoms with Crippen molar-refractivity contribution < 1.29 is 4.79 Å². The van der Waals surface area contributed by atoms with Gasteiger partial charge in [-0.2, -0.15) is 0 Å². The number of hydrogen-bond acceptors (Lipinski definition) is 1. The van der Waals surface area contributed by atoms with Crippen molar-refractivity contribution in [2.45, 2.75) is 19.9 Å². The Bertz CT molecular complexity index is 336. The topological polar surface area (TPSA) is 29.1 Å². The Kier molecular flexibility index (Phi) is 3.89. The minimum atomic E-state index is 0.115. The summed E-state index contributed by atoms with van der Waals surface area (Å²) in [6, 6.07) is 6.85. The molecule has 0 atom stereocenters. The second-order valence-electron chi connectivity index (χ2n) is 3.27. The summed E-state index contributed by atoms with van der Waals surface area (Å²) in [5, 5.41) is 3.94. The maximum absolute atomic E-state index is 11.1. The van der Waals surface area contributed by atoms with Crippen molar-refractivity contribution in [3.63, 3.8) is 0 Å². The lowest BCUT2D eigenvalue weighted by Crippen LogP contribution is -2.26. The number of carbonyl (C=O) groups excluding carboxylic acids is 1. The molecule has 0 saturated heterocycles. The molecule has 1 amide bonds. The van der Waals surface area contributed by atoms with E-state index in [1.165, 1.54) is 16.3 Å². The zero-order valence-corrected chi connectivity index (χ0v) is 9.85. The fourth-order valence-electron chi connectivity index (χ4n) is 1.21. The van der Waals surface area contributed by atoms with Crippen LogP contribution in [0.2, 0.25) is 6.04 Å². The maximum Gasteiger partial charge on any atom is 0.216 e. The van der Waals surface area contributed by atoms with Crippen LogP contribution >= 0.6 is 0 Å². The predicted molar refractivity (Wildman–Crippen MR) is 60.2 cm³/mol. The quantitative estimate of drug-likeness (QED) is 0.727. The summed E-state index contributed by atoms with van der Waals surface area (Å²) in [6.45, 7) is 4.21. The lowest BCUT2D eigenvalue weighted by atomic mass is 10.1. The summed E-state index contributed by atoms with van der Waals surface area (Å²) in [7, 11) is 2.25. The van der Waals surface area contributed by atoms with Crippen molar-refractivity contribution in [1.29, 1.82) is 0 Å². The first-order valence-corrected chi connectivity index (χ1v) is 5.86. The van der Waals surface area contributed by atoms with E-state index in [0.29, 0.717) is 15.6 Å². The molecule has 0 unspecified atom stereocenters. The zero-order chi connectivity index (χ0) is 10.6. The number of nitrogens with one attached hydrogen (secondary N) is 1. The molecular weight excluding hydrogens is 190 g/mol. The second kappa shape index (κ2) is 4.96. The minimum Gasteiger partial charge on any atom is -0.359 e. The molecule has 0 fully saturated rings. The van der Waals surface area contributed by atoms with Gasteiger partial charge in [-0.1, -0.05) is 23.4 Å². The van der Waals surface area contributed by atoms with E-state index in [-0.39, 0.29) is 5.91 Å². The second-order valence-corrected chi connectivity index (χ2v) is 4.52. The van der Waals surface area contributed by atoms with Gasteiger partial charge in [0.25, 0.3) is 0 Å². The van der Waals surface area contributed by atoms with Gasteiger partial charge >= 0.3 is 0 Å². The Morgan fingerprint density at radius 2 is 2.14 bits per heavy atom. The Labute approximate surface area is 87.5 Å². The van der Waals surface area contributed by atoms with E-state index in [9.17, 15) is 4.79 Å². The molecule has 1 rings (SSSR count). The predicted octanol–water partition coefficient (Wildman–Crippen LogP) is 0.797. The van der Waals surface area contributed by atoms with Gasteiger partial charge in [0, 0.05) is 13.1 Å². The molecule has 0 heterocycles. The lowest BCUT2D eigenvalue weighted by Gasteiger charge is -2.06. The third kappa shape index (κ3) is 2.70. The number of benzene rings is 1. The molecule has 0 spiro atoms. The molecule has 1 N–H and O–H groups in total. The largest absolute Gasteiger partial charge is 0.359 e. The van der Waals surface area contributed by atoms with Gasteiger partial charge in [0.2, 0.25) is 5.91 Å². The molecule has 2 nitrogen and oxygen atoms in total. The highest BCUT2D eigenvalue weighted by Gasteiger charge is 2.04. The SMILES string of the molecule is CNC(=O)C[Si]c1cccc(C)c1C. The number of amides is 1. The average molecular weight is 205 g/mol. The van der Waals surface area contributed by atoms with Crippen LogP contribution in [0, 0.1) is 13.8 Å². The Balaban J connectivity index is 2.68. The van der Waals surface area contributed by atoms with Crippen molar-refractivity contribution in [3.8, 4) is 0 Å². The van der Waals surface area contributed by atoms with E-state index in [2.05, 4.69) is 37.4 Å². The van der Waals surface area contributed by atoms with Gasteiger partial charge < -0.3 is 5.32 Å². The fraction of sp³-hybridized carbons (Fsp3) is 0.364. The van der Waals surface area contributed by atoms with E-state index in [0.717, 1.165) is 0 Å². The molecule has 0 aliphatic carbocycles. The van der Waals surface area contributed by atoms with Crippen molar-refractivity contribution >= 4 is 20.6 Å². The van der Waals surface area contributed by atoms with Crippen molar-refractivity contribution in [2.75, 3.05) is 7.05 Å². The number of rotatable bonds is 3. The number of carbonyl (C=O) groups is 1. The van der Waals surface area contributed by atoms with Gasteiger partial charge in [-0.05, 0) is 25.0 Å². The normalized spacial score (nSPS) is 9.93. The number of hydrogen-bond donors (Lipinski definition) is 1. The summed E-state index contributed by atoms with van der Waals surface area (Å²) in [5.74, 6) is 0.115. The van der Waals surface area contributed by atoms with Crippen LogP contribution in [0.5, 0.6) is 0 Å². The zero-order valence-electron chi connectivity index (χ0n) is 8.85. The van der Waals surface area contributed by atoms with Gasteiger partial charge in [0.1, 0.15) is 0 Å². The maximum atomic E-state index is 11.1. The van der Waals surface area contributed by atoms with Gasteiger partial charge in [0.05, 0.1) is 9.52 Å². The van der Waals surface area contributed by atoms with Gasteiger partial charge in [-0.25, -0.2) is 0 Å². The van der Waals surface area contributed by atoms with Crippen LogP contribution in [0.1, 0.15) is 11.1 Å². The average Bonchev–Trinajstić information content (AvgIpc) is 2.20. The highest BCUT2D eigenvalue weighted by molar-refractivity contribution is 6.57. The van der Waals surface area contributed by atoms with Gasteiger partial charge in [-0.3, -0.25) is 4.79 Å². The summed E-state index contributed by atoms with van der Waals surface area (Å²) in [4.78, 5) is 11.1. The van der Waals surface area contributed by atoms with Crippen LogP contribution in [0.15, 0.2) is 18.2 Å². The molecule has 74 valence electrons. The van der Waals surface area contributed by atoms with E-state index < -0.39 is 0 Å². The third-order valence-electron chi connectivity index (χ3n) is 2.32. The molecule has 14 heavy (non-hydrogen) atoms. The first kappa shape index (κ1) is 11.0. The molecule has 3 heteroatoms. The van der Waals surface area contributed by atoms with Crippen LogP contribution in [0.25, 0.3) is 0 Å². The van der Waals surface area contributed by atoms with E-state index in [1.54, 1.807) is 7.05 Å². The van der Waals surface area contributed by atoms with Crippen molar-refractivity contribution in [1.82, 2.24) is 5.32 Å². The summed E-state index contributed by atoms with van der Waals surface area (Å²) in [5.41, 5.74) is 2.61. The smallest absolute Gasteiger partial charge is 0.216 e.